The van der Waals surface area contributed by atoms with Crippen LogP contribution in [0.15, 0.2) is 59.8 Å². The molecular weight excluding hydrogens is 431 g/mol. The van der Waals surface area contributed by atoms with E-state index >= 15 is 0 Å². The van der Waals surface area contributed by atoms with Gasteiger partial charge in [-0.25, -0.2) is 17.5 Å². The van der Waals surface area contributed by atoms with Gasteiger partial charge >= 0.3 is 0 Å². The van der Waals surface area contributed by atoms with Crippen LogP contribution in [-0.2, 0) is 29.9 Å². The van der Waals surface area contributed by atoms with E-state index in [0.717, 1.165) is 30.5 Å². The highest BCUT2D eigenvalue weighted by molar-refractivity contribution is 7.89. The first-order valence-corrected chi connectivity index (χ1v) is 12.1. The van der Waals surface area contributed by atoms with Crippen LogP contribution in [0.5, 0.6) is 5.75 Å². The number of fused-ring (bicyclic) bond motifs is 1. The number of ether oxygens (including phenoxy) is 1. The smallest absolute Gasteiger partial charge is 0.243 e. The molecule has 0 aliphatic carbocycles. The van der Waals surface area contributed by atoms with E-state index in [9.17, 15) is 12.8 Å². The number of benzene rings is 2. The van der Waals surface area contributed by atoms with Gasteiger partial charge in [-0.2, -0.15) is 5.10 Å². The Morgan fingerprint density at radius 2 is 2.16 bits per heavy atom. The Morgan fingerprint density at radius 3 is 2.94 bits per heavy atom. The number of sulfonamides is 1. The number of aryl methyl sites for hydroxylation is 2. The second-order valence-electron chi connectivity index (χ2n) is 7.90. The number of hydrogen-bond donors (Lipinski definition) is 2. The van der Waals surface area contributed by atoms with Crippen LogP contribution in [0.4, 0.5) is 4.39 Å². The van der Waals surface area contributed by atoms with Crippen molar-refractivity contribution in [3.63, 3.8) is 0 Å². The van der Waals surface area contributed by atoms with Gasteiger partial charge in [-0.1, -0.05) is 18.2 Å². The number of halogens is 1. The van der Waals surface area contributed by atoms with Crippen molar-refractivity contribution in [1.29, 1.82) is 0 Å². The molecular formula is C23H27FN4O3S. The molecule has 4 rings (SSSR count). The lowest BCUT2D eigenvalue weighted by Gasteiger charge is -2.20. The standard InChI is InChI=1S/C23H27FN4O3S/c1-28-16-21(15-26-28)32(29,30)27-10-11-31-20-8-7-18-5-3-9-25-23(22(18)14-20)13-17-4-2-6-19(24)12-17/h2,4,6-8,12,14-16,23,25,27H,3,5,9-11,13H2,1H3. The summed E-state index contributed by atoms with van der Waals surface area (Å²) in [6, 6.07) is 12.7. The van der Waals surface area contributed by atoms with Gasteiger partial charge in [-0.05, 0) is 66.8 Å². The monoisotopic (exact) mass is 458 g/mol. The highest BCUT2D eigenvalue weighted by Crippen LogP contribution is 2.29. The number of nitrogens with one attached hydrogen (secondary N) is 2. The number of rotatable bonds is 8. The van der Waals surface area contributed by atoms with Crippen LogP contribution in [0.3, 0.4) is 0 Å². The maximum Gasteiger partial charge on any atom is 0.243 e. The summed E-state index contributed by atoms with van der Waals surface area (Å²) < 4.78 is 48.0. The third kappa shape index (κ3) is 5.53. The zero-order chi connectivity index (χ0) is 22.6. The van der Waals surface area contributed by atoms with Gasteiger partial charge in [0.15, 0.2) is 0 Å². The minimum absolute atomic E-state index is 0.0573. The summed E-state index contributed by atoms with van der Waals surface area (Å²) in [5, 5.41) is 7.45. The maximum atomic E-state index is 13.6. The summed E-state index contributed by atoms with van der Waals surface area (Å²) in [5.41, 5.74) is 3.33. The number of aromatic nitrogens is 2. The van der Waals surface area contributed by atoms with Gasteiger partial charge in [-0.15, -0.1) is 0 Å². The number of hydrogen-bond acceptors (Lipinski definition) is 5. The van der Waals surface area contributed by atoms with Gasteiger partial charge in [0.1, 0.15) is 23.1 Å². The van der Waals surface area contributed by atoms with Gasteiger partial charge in [0.25, 0.3) is 0 Å². The molecule has 1 atom stereocenters. The highest BCUT2D eigenvalue weighted by Gasteiger charge is 2.20. The van der Waals surface area contributed by atoms with Crippen molar-refractivity contribution < 1.29 is 17.5 Å². The lowest BCUT2D eigenvalue weighted by molar-refractivity contribution is 0.322. The van der Waals surface area contributed by atoms with Crippen molar-refractivity contribution in [1.82, 2.24) is 19.8 Å². The third-order valence-corrected chi connectivity index (χ3v) is 6.91. The molecule has 0 amide bonds. The van der Waals surface area contributed by atoms with E-state index in [0.29, 0.717) is 12.2 Å². The normalized spacial score (nSPS) is 16.4. The van der Waals surface area contributed by atoms with Crippen molar-refractivity contribution in [3.05, 3.63) is 77.4 Å². The Balaban J connectivity index is 1.41. The summed E-state index contributed by atoms with van der Waals surface area (Å²) in [6.45, 7) is 1.22. The molecule has 0 saturated heterocycles. The van der Waals surface area contributed by atoms with E-state index in [1.165, 1.54) is 28.7 Å². The molecule has 0 saturated carbocycles. The minimum atomic E-state index is -3.61. The largest absolute Gasteiger partial charge is 0.492 e. The van der Waals surface area contributed by atoms with Crippen LogP contribution < -0.4 is 14.8 Å². The first-order valence-electron chi connectivity index (χ1n) is 10.6. The summed E-state index contributed by atoms with van der Waals surface area (Å²) in [6.07, 6.45) is 5.43. The average Bonchev–Trinajstić information content (AvgIpc) is 3.12. The fourth-order valence-electron chi connectivity index (χ4n) is 3.93. The Kier molecular flexibility index (Phi) is 6.88. The van der Waals surface area contributed by atoms with Crippen molar-refractivity contribution >= 4 is 10.0 Å². The van der Waals surface area contributed by atoms with E-state index in [-0.39, 0.29) is 29.9 Å². The fourth-order valence-corrected chi connectivity index (χ4v) is 4.92. The fraction of sp³-hybridized carbons (Fsp3) is 0.348. The van der Waals surface area contributed by atoms with Gasteiger partial charge in [0.2, 0.25) is 10.0 Å². The van der Waals surface area contributed by atoms with E-state index in [4.69, 9.17) is 4.74 Å². The molecule has 2 aromatic carbocycles. The van der Waals surface area contributed by atoms with Gasteiger partial charge < -0.3 is 10.1 Å². The minimum Gasteiger partial charge on any atom is -0.492 e. The van der Waals surface area contributed by atoms with E-state index < -0.39 is 10.0 Å². The molecule has 1 aromatic heterocycles. The molecule has 32 heavy (non-hydrogen) atoms. The van der Waals surface area contributed by atoms with Crippen LogP contribution in [0.2, 0.25) is 0 Å². The lowest BCUT2D eigenvalue weighted by Crippen LogP contribution is -2.28. The second-order valence-corrected chi connectivity index (χ2v) is 9.67. The predicted octanol–water partition coefficient (Wildman–Crippen LogP) is 2.74. The van der Waals surface area contributed by atoms with Crippen molar-refractivity contribution in [2.75, 3.05) is 19.7 Å². The van der Waals surface area contributed by atoms with E-state index in [2.05, 4.69) is 21.2 Å². The Hall–Kier alpha value is -2.75. The third-order valence-electron chi connectivity index (χ3n) is 5.49. The summed E-state index contributed by atoms with van der Waals surface area (Å²) in [5.74, 6) is 0.444. The Labute approximate surface area is 187 Å². The van der Waals surface area contributed by atoms with Crippen molar-refractivity contribution in [2.45, 2.75) is 30.2 Å². The summed E-state index contributed by atoms with van der Waals surface area (Å²) >= 11 is 0. The molecule has 2 heterocycles. The molecule has 0 spiro atoms. The first kappa shape index (κ1) is 22.4. The Morgan fingerprint density at radius 1 is 1.28 bits per heavy atom. The molecule has 7 nitrogen and oxygen atoms in total. The van der Waals surface area contributed by atoms with Gasteiger partial charge in [0.05, 0.1) is 6.20 Å². The van der Waals surface area contributed by atoms with E-state index in [1.54, 1.807) is 19.2 Å². The molecule has 3 aromatic rings. The van der Waals surface area contributed by atoms with Crippen LogP contribution >= 0.6 is 0 Å². The molecule has 1 aliphatic heterocycles. The molecule has 1 aliphatic rings. The van der Waals surface area contributed by atoms with Crippen molar-refractivity contribution in [2.24, 2.45) is 7.05 Å². The van der Waals surface area contributed by atoms with E-state index in [1.807, 2.05) is 18.2 Å². The van der Waals surface area contributed by atoms with Crippen LogP contribution in [-0.4, -0.2) is 37.9 Å². The predicted molar refractivity (Wildman–Crippen MR) is 120 cm³/mol. The quantitative estimate of drug-likeness (QED) is 0.507. The molecule has 0 fully saturated rings. The van der Waals surface area contributed by atoms with Crippen LogP contribution in [0.1, 0.15) is 29.2 Å². The average molecular weight is 459 g/mol. The molecule has 1 unspecified atom stereocenters. The molecule has 0 bridgehead atoms. The zero-order valence-corrected chi connectivity index (χ0v) is 18.7. The molecule has 9 heteroatoms. The van der Waals surface area contributed by atoms with Crippen LogP contribution in [0, 0.1) is 5.82 Å². The molecule has 0 radical (unpaired) electrons. The topological polar surface area (TPSA) is 85.2 Å². The maximum absolute atomic E-state index is 13.6. The molecule has 170 valence electrons. The van der Waals surface area contributed by atoms with Gasteiger partial charge in [-0.3, -0.25) is 4.68 Å². The summed E-state index contributed by atoms with van der Waals surface area (Å²) in [7, 11) is -1.95. The Bertz CT molecular complexity index is 1180. The van der Waals surface area contributed by atoms with Gasteiger partial charge in [0, 0.05) is 25.8 Å². The highest BCUT2D eigenvalue weighted by atomic mass is 32.2. The first-order chi connectivity index (χ1) is 15.4. The lowest BCUT2D eigenvalue weighted by atomic mass is 9.94. The second kappa shape index (κ2) is 9.81. The van der Waals surface area contributed by atoms with Crippen LogP contribution in [0.25, 0.3) is 0 Å². The molecule has 2 N–H and O–H groups in total. The summed E-state index contributed by atoms with van der Waals surface area (Å²) in [4.78, 5) is 0.122. The van der Waals surface area contributed by atoms with Crippen molar-refractivity contribution in [3.8, 4) is 5.75 Å². The zero-order valence-electron chi connectivity index (χ0n) is 17.9. The SMILES string of the molecule is Cn1cc(S(=O)(=O)NCCOc2ccc3c(c2)C(Cc2cccc(F)c2)NCCC3)cn1. The number of nitrogens with zero attached hydrogens (tertiary/aromatic N) is 2.